The van der Waals surface area contributed by atoms with E-state index in [4.69, 9.17) is 10.5 Å². The van der Waals surface area contributed by atoms with Crippen LogP contribution in [0.2, 0.25) is 0 Å². The van der Waals surface area contributed by atoms with Crippen molar-refractivity contribution in [3.63, 3.8) is 0 Å². The normalized spacial score (nSPS) is 12.2. The zero-order valence-corrected chi connectivity index (χ0v) is 12.2. The number of ether oxygens (including phenoxy) is 1. The summed E-state index contributed by atoms with van der Waals surface area (Å²) in [5.41, 5.74) is 7.66. The van der Waals surface area contributed by atoms with Crippen LogP contribution in [-0.4, -0.2) is 11.3 Å². The third-order valence-corrected chi connectivity index (χ3v) is 4.50. The molecule has 0 aliphatic heterocycles. The van der Waals surface area contributed by atoms with Crippen LogP contribution in [0.25, 0.3) is 0 Å². The van der Waals surface area contributed by atoms with E-state index in [9.17, 15) is 8.60 Å². The van der Waals surface area contributed by atoms with Crippen LogP contribution >= 0.6 is 0 Å². The summed E-state index contributed by atoms with van der Waals surface area (Å²) in [6.45, 7) is 1.85. The predicted octanol–water partition coefficient (Wildman–Crippen LogP) is 3.03. The molecule has 20 heavy (non-hydrogen) atoms. The minimum Gasteiger partial charge on any atom is -0.497 e. The van der Waals surface area contributed by atoms with Gasteiger partial charge in [-0.15, -0.1) is 0 Å². The molecule has 5 heteroatoms. The smallest absolute Gasteiger partial charge is 0.131 e. The molecule has 0 aliphatic rings. The van der Waals surface area contributed by atoms with Crippen LogP contribution < -0.4 is 10.5 Å². The number of aryl methyl sites for hydroxylation is 1. The van der Waals surface area contributed by atoms with E-state index in [1.807, 2.05) is 13.0 Å². The zero-order valence-electron chi connectivity index (χ0n) is 11.4. The molecule has 0 amide bonds. The second-order valence-corrected chi connectivity index (χ2v) is 5.85. The molecular formula is C15H16FNO2S. The second-order valence-electron chi connectivity index (χ2n) is 4.43. The first kappa shape index (κ1) is 14.5. The standard InChI is InChI=1S/C15H16FNO2S/c1-10-4-3-5-14(15(10)17)20(18)9-11-6-7-12(19-2)8-13(11)16/h3-8H,9,17H2,1-2H3. The lowest BCUT2D eigenvalue weighted by molar-refractivity contribution is 0.411. The maximum atomic E-state index is 13.8. The van der Waals surface area contributed by atoms with Gasteiger partial charge in [0.25, 0.3) is 0 Å². The van der Waals surface area contributed by atoms with Gasteiger partial charge in [0.1, 0.15) is 11.6 Å². The molecule has 2 aromatic rings. The number of anilines is 1. The molecule has 0 fully saturated rings. The van der Waals surface area contributed by atoms with Crippen molar-refractivity contribution >= 4 is 16.5 Å². The maximum absolute atomic E-state index is 13.8. The summed E-state index contributed by atoms with van der Waals surface area (Å²) in [6.07, 6.45) is 0. The largest absolute Gasteiger partial charge is 0.497 e. The maximum Gasteiger partial charge on any atom is 0.131 e. The lowest BCUT2D eigenvalue weighted by Gasteiger charge is -2.09. The highest BCUT2D eigenvalue weighted by Crippen LogP contribution is 2.24. The second kappa shape index (κ2) is 6.05. The minimum absolute atomic E-state index is 0.0868. The summed E-state index contributed by atoms with van der Waals surface area (Å²) < 4.78 is 31.1. The number of benzene rings is 2. The van der Waals surface area contributed by atoms with Crippen LogP contribution in [0.3, 0.4) is 0 Å². The fourth-order valence-corrected chi connectivity index (χ4v) is 3.15. The fraction of sp³-hybridized carbons (Fsp3) is 0.200. The number of nitrogens with two attached hydrogens (primary N) is 1. The molecule has 1 atom stereocenters. The third kappa shape index (κ3) is 2.99. The Hall–Kier alpha value is -1.88. The molecule has 0 bridgehead atoms. The van der Waals surface area contributed by atoms with Crippen molar-refractivity contribution in [1.29, 1.82) is 0 Å². The van der Waals surface area contributed by atoms with Gasteiger partial charge in [-0.1, -0.05) is 18.2 Å². The van der Waals surface area contributed by atoms with Crippen molar-refractivity contribution in [3.05, 3.63) is 53.3 Å². The number of rotatable bonds is 4. The quantitative estimate of drug-likeness (QED) is 0.882. The van der Waals surface area contributed by atoms with Gasteiger partial charge in [0, 0.05) is 11.6 Å². The average molecular weight is 293 g/mol. The Morgan fingerprint density at radius 1 is 1.30 bits per heavy atom. The molecular weight excluding hydrogens is 277 g/mol. The Morgan fingerprint density at radius 3 is 2.70 bits per heavy atom. The van der Waals surface area contributed by atoms with Gasteiger partial charge in [-0.05, 0) is 24.6 Å². The Labute approximate surface area is 120 Å². The summed E-state index contributed by atoms with van der Waals surface area (Å²) in [4.78, 5) is 0.542. The molecule has 0 saturated carbocycles. The number of nitrogen functional groups attached to an aromatic ring is 1. The molecule has 106 valence electrons. The van der Waals surface area contributed by atoms with Crippen molar-refractivity contribution in [2.24, 2.45) is 0 Å². The summed E-state index contributed by atoms with van der Waals surface area (Å²) in [5.74, 6) is 0.0970. The molecule has 3 nitrogen and oxygen atoms in total. The van der Waals surface area contributed by atoms with Crippen LogP contribution in [0.4, 0.5) is 10.1 Å². The lowest BCUT2D eigenvalue weighted by Crippen LogP contribution is -2.04. The molecule has 0 radical (unpaired) electrons. The molecule has 2 rings (SSSR count). The highest BCUT2D eigenvalue weighted by molar-refractivity contribution is 7.84. The SMILES string of the molecule is COc1ccc(CS(=O)c2cccc(C)c2N)c(F)c1. The molecule has 2 N–H and O–H groups in total. The van der Waals surface area contributed by atoms with Crippen molar-refractivity contribution in [1.82, 2.24) is 0 Å². The summed E-state index contributed by atoms with van der Waals surface area (Å²) >= 11 is 0. The Balaban J connectivity index is 2.26. The van der Waals surface area contributed by atoms with Gasteiger partial charge in [0.15, 0.2) is 0 Å². The average Bonchev–Trinajstić information content (AvgIpc) is 2.44. The summed E-state index contributed by atoms with van der Waals surface area (Å²) in [6, 6.07) is 9.87. The van der Waals surface area contributed by atoms with E-state index in [-0.39, 0.29) is 5.75 Å². The van der Waals surface area contributed by atoms with Gasteiger partial charge in [0.05, 0.1) is 34.2 Å². The molecule has 0 aliphatic carbocycles. The van der Waals surface area contributed by atoms with Gasteiger partial charge in [-0.3, -0.25) is 4.21 Å². The topological polar surface area (TPSA) is 52.3 Å². The Kier molecular flexibility index (Phi) is 4.39. The van der Waals surface area contributed by atoms with Crippen LogP contribution in [-0.2, 0) is 16.6 Å². The lowest BCUT2D eigenvalue weighted by atomic mass is 10.2. The first-order valence-corrected chi connectivity index (χ1v) is 7.40. The van der Waals surface area contributed by atoms with Crippen molar-refractivity contribution in [2.45, 2.75) is 17.6 Å². The number of para-hydroxylation sites is 1. The van der Waals surface area contributed by atoms with E-state index in [0.29, 0.717) is 21.9 Å². The van der Waals surface area contributed by atoms with Crippen molar-refractivity contribution < 1.29 is 13.3 Å². The van der Waals surface area contributed by atoms with E-state index >= 15 is 0 Å². The van der Waals surface area contributed by atoms with Gasteiger partial charge in [-0.25, -0.2) is 4.39 Å². The van der Waals surface area contributed by atoms with Gasteiger partial charge in [-0.2, -0.15) is 0 Å². The van der Waals surface area contributed by atoms with Gasteiger partial charge >= 0.3 is 0 Å². The Morgan fingerprint density at radius 2 is 2.05 bits per heavy atom. The summed E-state index contributed by atoms with van der Waals surface area (Å²) in [5, 5.41) is 0. The number of methoxy groups -OCH3 is 1. The zero-order chi connectivity index (χ0) is 14.7. The molecule has 0 aromatic heterocycles. The number of hydrogen-bond donors (Lipinski definition) is 1. The van der Waals surface area contributed by atoms with Crippen molar-refractivity contribution in [2.75, 3.05) is 12.8 Å². The van der Waals surface area contributed by atoms with E-state index in [2.05, 4.69) is 0 Å². The van der Waals surface area contributed by atoms with Crippen LogP contribution in [0, 0.1) is 12.7 Å². The monoisotopic (exact) mass is 293 g/mol. The predicted molar refractivity (Wildman–Crippen MR) is 78.7 cm³/mol. The molecule has 0 saturated heterocycles. The first-order valence-electron chi connectivity index (χ1n) is 6.09. The highest BCUT2D eigenvalue weighted by atomic mass is 32.2. The van der Waals surface area contributed by atoms with Crippen LogP contribution in [0.1, 0.15) is 11.1 Å². The number of halogens is 1. The fourth-order valence-electron chi connectivity index (χ4n) is 1.84. The van der Waals surface area contributed by atoms with Crippen LogP contribution in [0.5, 0.6) is 5.75 Å². The van der Waals surface area contributed by atoms with E-state index in [0.717, 1.165) is 5.56 Å². The van der Waals surface area contributed by atoms with E-state index in [1.54, 1.807) is 24.3 Å². The van der Waals surface area contributed by atoms with E-state index < -0.39 is 16.6 Å². The van der Waals surface area contributed by atoms with Crippen LogP contribution in [0.15, 0.2) is 41.3 Å². The van der Waals surface area contributed by atoms with Gasteiger partial charge < -0.3 is 10.5 Å². The molecule has 0 spiro atoms. The minimum atomic E-state index is -1.38. The first-order chi connectivity index (χ1) is 9.52. The number of hydrogen-bond acceptors (Lipinski definition) is 3. The Bertz CT molecular complexity index is 658. The third-order valence-electron chi connectivity index (χ3n) is 3.08. The summed E-state index contributed by atoms with van der Waals surface area (Å²) in [7, 11) is 0.0914. The molecule has 0 heterocycles. The van der Waals surface area contributed by atoms with Gasteiger partial charge in [0.2, 0.25) is 0 Å². The van der Waals surface area contributed by atoms with E-state index in [1.165, 1.54) is 13.2 Å². The molecule has 1 unspecified atom stereocenters. The van der Waals surface area contributed by atoms with Crippen molar-refractivity contribution in [3.8, 4) is 5.75 Å². The highest BCUT2D eigenvalue weighted by Gasteiger charge is 2.13. The molecule has 2 aromatic carbocycles.